The van der Waals surface area contributed by atoms with Gasteiger partial charge in [0.25, 0.3) is 0 Å². The van der Waals surface area contributed by atoms with Gasteiger partial charge in [0.15, 0.2) is 5.78 Å². The van der Waals surface area contributed by atoms with Gasteiger partial charge in [-0.3, -0.25) is 4.79 Å². The maximum atomic E-state index is 12.2. The summed E-state index contributed by atoms with van der Waals surface area (Å²) >= 11 is 0. The number of nitrogens with one attached hydrogen (secondary N) is 1. The van der Waals surface area contributed by atoms with E-state index in [0.717, 1.165) is 12.8 Å². The summed E-state index contributed by atoms with van der Waals surface area (Å²) in [5, 5.41) is 0. The average Bonchev–Trinajstić information content (AvgIpc) is 3.21. The van der Waals surface area contributed by atoms with Gasteiger partial charge in [0.05, 0.1) is 17.7 Å². The van der Waals surface area contributed by atoms with E-state index in [2.05, 4.69) is 4.72 Å². The summed E-state index contributed by atoms with van der Waals surface area (Å²) in [4.78, 5) is 12.1. The fourth-order valence-electron chi connectivity index (χ4n) is 2.06. The van der Waals surface area contributed by atoms with Crippen LogP contribution in [0, 0.1) is 5.92 Å². The molecule has 0 spiro atoms. The van der Waals surface area contributed by atoms with Crippen LogP contribution in [-0.2, 0) is 16.6 Å². The van der Waals surface area contributed by atoms with Crippen LogP contribution in [0.1, 0.15) is 29.0 Å². The summed E-state index contributed by atoms with van der Waals surface area (Å²) in [7, 11) is -3.66. The van der Waals surface area contributed by atoms with E-state index in [1.165, 1.54) is 18.4 Å². The van der Waals surface area contributed by atoms with Crippen LogP contribution in [0.2, 0.25) is 0 Å². The van der Waals surface area contributed by atoms with Crippen molar-refractivity contribution in [3.05, 3.63) is 54.0 Å². The van der Waals surface area contributed by atoms with Crippen LogP contribution in [0.4, 0.5) is 0 Å². The summed E-state index contributed by atoms with van der Waals surface area (Å²) in [5.74, 6) is 0.626. The summed E-state index contributed by atoms with van der Waals surface area (Å²) in [6, 6.07) is 9.55. The Morgan fingerprint density at radius 1 is 1.24 bits per heavy atom. The number of hydrogen-bond acceptors (Lipinski definition) is 4. The molecule has 3 rings (SSSR count). The van der Waals surface area contributed by atoms with Crippen molar-refractivity contribution in [2.24, 2.45) is 5.92 Å². The van der Waals surface area contributed by atoms with E-state index in [0.29, 0.717) is 11.3 Å². The van der Waals surface area contributed by atoms with Crippen LogP contribution in [0.25, 0.3) is 0 Å². The lowest BCUT2D eigenvalue weighted by atomic mass is 10.1. The first-order valence-electron chi connectivity index (χ1n) is 6.72. The second-order valence-corrected chi connectivity index (χ2v) is 6.84. The number of carbonyl (C=O) groups excluding carboxylic acids is 1. The molecule has 1 heterocycles. The summed E-state index contributed by atoms with van der Waals surface area (Å²) < 4.78 is 32.0. The van der Waals surface area contributed by atoms with E-state index in [9.17, 15) is 13.2 Å². The van der Waals surface area contributed by atoms with Gasteiger partial charge >= 0.3 is 0 Å². The fraction of sp³-hybridized carbons (Fsp3) is 0.267. The van der Waals surface area contributed by atoms with Crippen molar-refractivity contribution in [3.8, 4) is 0 Å². The zero-order valence-corrected chi connectivity index (χ0v) is 12.1. The van der Waals surface area contributed by atoms with E-state index >= 15 is 0 Å². The SMILES string of the molecule is O=C(c1cccc(S(=O)(=O)NCc2ccco2)c1)C1CC1. The molecule has 0 unspecified atom stereocenters. The lowest BCUT2D eigenvalue weighted by molar-refractivity contribution is 0.0967. The fourth-order valence-corrected chi connectivity index (χ4v) is 3.10. The predicted molar refractivity (Wildman–Crippen MR) is 76.2 cm³/mol. The van der Waals surface area contributed by atoms with E-state index in [1.807, 2.05) is 0 Å². The molecule has 0 bridgehead atoms. The van der Waals surface area contributed by atoms with Gasteiger partial charge in [-0.2, -0.15) is 0 Å². The zero-order chi connectivity index (χ0) is 14.9. The molecule has 1 aliphatic carbocycles. The van der Waals surface area contributed by atoms with Crippen LogP contribution >= 0.6 is 0 Å². The Bertz CT molecular complexity index is 746. The van der Waals surface area contributed by atoms with E-state index < -0.39 is 10.0 Å². The van der Waals surface area contributed by atoms with Gasteiger partial charge < -0.3 is 4.42 Å². The number of benzene rings is 1. The van der Waals surface area contributed by atoms with Crippen molar-refractivity contribution >= 4 is 15.8 Å². The highest BCUT2D eigenvalue weighted by Gasteiger charge is 2.30. The molecule has 1 aromatic carbocycles. The van der Waals surface area contributed by atoms with Crippen molar-refractivity contribution < 1.29 is 17.6 Å². The van der Waals surface area contributed by atoms with Crippen molar-refractivity contribution in [2.75, 3.05) is 0 Å². The third kappa shape index (κ3) is 3.22. The van der Waals surface area contributed by atoms with Gasteiger partial charge in [0, 0.05) is 11.5 Å². The van der Waals surface area contributed by atoms with Gasteiger partial charge in [-0.05, 0) is 37.1 Å². The number of hydrogen-bond donors (Lipinski definition) is 1. The molecule has 5 nitrogen and oxygen atoms in total. The molecule has 1 saturated carbocycles. The number of ketones is 1. The Labute approximate surface area is 123 Å². The van der Waals surface area contributed by atoms with Crippen LogP contribution in [0.15, 0.2) is 52.0 Å². The highest BCUT2D eigenvalue weighted by molar-refractivity contribution is 7.89. The maximum Gasteiger partial charge on any atom is 0.240 e. The van der Waals surface area contributed by atoms with Crippen molar-refractivity contribution in [3.63, 3.8) is 0 Å². The Hall–Kier alpha value is -1.92. The molecule has 1 aromatic heterocycles. The van der Waals surface area contributed by atoms with Gasteiger partial charge in [-0.15, -0.1) is 0 Å². The van der Waals surface area contributed by atoms with Gasteiger partial charge in [-0.25, -0.2) is 13.1 Å². The molecule has 0 atom stereocenters. The van der Waals surface area contributed by atoms with Gasteiger partial charge in [0.1, 0.15) is 5.76 Å². The molecular weight excluding hydrogens is 290 g/mol. The largest absolute Gasteiger partial charge is 0.468 e. The van der Waals surface area contributed by atoms with Crippen molar-refractivity contribution in [1.82, 2.24) is 4.72 Å². The van der Waals surface area contributed by atoms with Crippen LogP contribution < -0.4 is 4.72 Å². The highest BCUT2D eigenvalue weighted by Crippen LogP contribution is 2.32. The molecule has 0 saturated heterocycles. The zero-order valence-electron chi connectivity index (χ0n) is 11.3. The number of Topliss-reactive ketones (excluding diaryl/α,β-unsaturated/α-hetero) is 1. The number of sulfonamides is 1. The molecule has 6 heteroatoms. The molecule has 1 aliphatic rings. The van der Waals surface area contributed by atoms with Crippen LogP contribution in [0.3, 0.4) is 0 Å². The molecule has 2 aromatic rings. The average molecular weight is 305 g/mol. The first-order chi connectivity index (χ1) is 10.1. The molecule has 110 valence electrons. The van der Waals surface area contributed by atoms with E-state index in [-0.39, 0.29) is 23.1 Å². The smallest absolute Gasteiger partial charge is 0.240 e. The molecule has 0 aliphatic heterocycles. The Kier molecular flexibility index (Phi) is 3.65. The molecule has 1 N–H and O–H groups in total. The number of rotatable bonds is 6. The number of carbonyl (C=O) groups is 1. The minimum absolute atomic E-state index is 0.0260. The third-order valence-electron chi connectivity index (χ3n) is 3.39. The minimum Gasteiger partial charge on any atom is -0.468 e. The highest BCUT2D eigenvalue weighted by atomic mass is 32.2. The molecule has 1 fully saturated rings. The Morgan fingerprint density at radius 3 is 2.71 bits per heavy atom. The van der Waals surface area contributed by atoms with E-state index in [1.54, 1.807) is 24.3 Å². The molecule has 0 radical (unpaired) electrons. The Balaban J connectivity index is 1.78. The second-order valence-electron chi connectivity index (χ2n) is 5.07. The van der Waals surface area contributed by atoms with E-state index in [4.69, 9.17) is 4.42 Å². The summed E-state index contributed by atoms with van der Waals surface area (Å²) in [6.45, 7) is 0.0795. The quantitative estimate of drug-likeness (QED) is 0.831. The van der Waals surface area contributed by atoms with Crippen LogP contribution in [0.5, 0.6) is 0 Å². The van der Waals surface area contributed by atoms with Crippen molar-refractivity contribution in [2.45, 2.75) is 24.3 Å². The lowest BCUT2D eigenvalue weighted by Crippen LogP contribution is -2.23. The topological polar surface area (TPSA) is 76.4 Å². The standard InChI is InChI=1S/C15H15NO4S/c17-15(11-6-7-11)12-3-1-5-14(9-12)21(18,19)16-10-13-4-2-8-20-13/h1-5,8-9,11,16H,6-7,10H2. The summed E-state index contributed by atoms with van der Waals surface area (Å²) in [6.07, 6.45) is 3.28. The second kappa shape index (κ2) is 5.46. The summed E-state index contributed by atoms with van der Waals surface area (Å²) in [5.41, 5.74) is 0.457. The molecule has 21 heavy (non-hydrogen) atoms. The molecular formula is C15H15NO4S. The maximum absolute atomic E-state index is 12.2. The normalized spacial score (nSPS) is 15.0. The molecule has 0 amide bonds. The first-order valence-corrected chi connectivity index (χ1v) is 8.21. The minimum atomic E-state index is -3.66. The van der Waals surface area contributed by atoms with Gasteiger partial charge in [-0.1, -0.05) is 12.1 Å². The monoisotopic (exact) mass is 305 g/mol. The Morgan fingerprint density at radius 2 is 2.05 bits per heavy atom. The van der Waals surface area contributed by atoms with Gasteiger partial charge in [0.2, 0.25) is 10.0 Å². The first kappa shape index (κ1) is 14.0. The third-order valence-corrected chi connectivity index (χ3v) is 4.79. The number of furan rings is 1. The van der Waals surface area contributed by atoms with Crippen LogP contribution in [-0.4, -0.2) is 14.2 Å². The predicted octanol–water partition coefficient (Wildman–Crippen LogP) is 2.35. The van der Waals surface area contributed by atoms with Crippen molar-refractivity contribution in [1.29, 1.82) is 0 Å². The lowest BCUT2D eigenvalue weighted by Gasteiger charge is -2.07.